The van der Waals surface area contributed by atoms with Crippen LogP contribution in [-0.2, 0) is 6.54 Å². The van der Waals surface area contributed by atoms with E-state index >= 15 is 0 Å². The number of hydrogen-bond acceptors (Lipinski definition) is 4. The second-order valence-electron chi connectivity index (χ2n) is 6.31. The van der Waals surface area contributed by atoms with Gasteiger partial charge in [-0.3, -0.25) is 4.57 Å². The van der Waals surface area contributed by atoms with Crippen molar-refractivity contribution < 1.29 is 4.39 Å². The average molecular weight is 389 g/mol. The van der Waals surface area contributed by atoms with Gasteiger partial charge in [-0.25, -0.2) is 18.5 Å². The predicted molar refractivity (Wildman–Crippen MR) is 103 cm³/mol. The molecule has 0 bridgehead atoms. The second-order valence-corrected chi connectivity index (χ2v) is 6.75. The van der Waals surface area contributed by atoms with E-state index in [4.69, 9.17) is 11.6 Å². The third-order valence-electron chi connectivity index (χ3n) is 3.97. The molecule has 2 aromatic carbocycles. The molecule has 0 spiro atoms. The second kappa shape index (κ2) is 7.75. The zero-order valence-electron chi connectivity index (χ0n) is 14.8. The molecule has 3 rings (SSSR count). The predicted octanol–water partition coefficient (Wildman–Crippen LogP) is 3.57. The molecular weight excluding hydrogens is 371 g/mol. The van der Waals surface area contributed by atoms with Crippen molar-refractivity contribution in [1.29, 1.82) is 0 Å². The van der Waals surface area contributed by atoms with Gasteiger partial charge in [-0.1, -0.05) is 23.7 Å². The van der Waals surface area contributed by atoms with Crippen LogP contribution < -0.4 is 16.7 Å². The lowest BCUT2D eigenvalue weighted by Gasteiger charge is -2.17. The van der Waals surface area contributed by atoms with Crippen molar-refractivity contribution in [2.75, 3.05) is 5.32 Å². The van der Waals surface area contributed by atoms with E-state index in [2.05, 4.69) is 10.3 Å². The van der Waals surface area contributed by atoms with Gasteiger partial charge in [-0.15, -0.1) is 0 Å². The molecule has 1 N–H and O–H groups in total. The highest BCUT2D eigenvalue weighted by Crippen LogP contribution is 2.17. The molecule has 140 valence electrons. The summed E-state index contributed by atoms with van der Waals surface area (Å²) < 4.78 is 15.6. The van der Waals surface area contributed by atoms with E-state index in [9.17, 15) is 14.0 Å². The summed E-state index contributed by atoms with van der Waals surface area (Å²) in [7, 11) is 0. The molecule has 0 radical (unpaired) electrons. The molecule has 8 heteroatoms. The molecule has 0 atom stereocenters. The fraction of sp³-hybridized carbons (Fsp3) is 0.211. The lowest BCUT2D eigenvalue weighted by molar-refractivity contribution is 0.497. The Balaban J connectivity index is 2.10. The summed E-state index contributed by atoms with van der Waals surface area (Å²) in [4.78, 5) is 29.3. The Morgan fingerprint density at radius 3 is 2.30 bits per heavy atom. The van der Waals surface area contributed by atoms with Gasteiger partial charge in [0, 0.05) is 16.8 Å². The van der Waals surface area contributed by atoms with Crippen LogP contribution in [-0.4, -0.2) is 14.1 Å². The SMILES string of the molecule is CC(C)n1c(=O)nc(Nc2ccc(Cl)cc2)n(Cc2ccc(F)cc2)c1=O. The summed E-state index contributed by atoms with van der Waals surface area (Å²) >= 11 is 5.89. The third kappa shape index (κ3) is 4.25. The summed E-state index contributed by atoms with van der Waals surface area (Å²) in [6.07, 6.45) is 0. The van der Waals surface area contributed by atoms with Crippen LogP contribution in [0.4, 0.5) is 16.0 Å². The molecule has 0 saturated heterocycles. The summed E-state index contributed by atoms with van der Waals surface area (Å²) in [5, 5.41) is 3.55. The van der Waals surface area contributed by atoms with E-state index < -0.39 is 11.4 Å². The van der Waals surface area contributed by atoms with Crippen LogP contribution in [0.1, 0.15) is 25.5 Å². The molecule has 0 saturated carbocycles. The van der Waals surface area contributed by atoms with Gasteiger partial charge in [0.25, 0.3) is 0 Å². The Morgan fingerprint density at radius 1 is 1.07 bits per heavy atom. The summed E-state index contributed by atoms with van der Waals surface area (Å²) in [5.41, 5.74) is 0.196. The Bertz CT molecular complexity index is 1060. The van der Waals surface area contributed by atoms with Crippen molar-refractivity contribution in [3.05, 3.63) is 85.9 Å². The average Bonchev–Trinajstić information content (AvgIpc) is 2.61. The van der Waals surface area contributed by atoms with Crippen LogP contribution in [0.25, 0.3) is 0 Å². The molecule has 6 nitrogen and oxygen atoms in total. The van der Waals surface area contributed by atoms with Gasteiger partial charge < -0.3 is 5.32 Å². The highest BCUT2D eigenvalue weighted by Gasteiger charge is 2.16. The van der Waals surface area contributed by atoms with E-state index in [1.165, 1.54) is 16.7 Å². The maximum Gasteiger partial charge on any atom is 0.355 e. The van der Waals surface area contributed by atoms with Crippen molar-refractivity contribution in [3.63, 3.8) is 0 Å². The number of benzene rings is 2. The minimum absolute atomic E-state index is 0.105. The molecular formula is C19H18ClFN4O2. The van der Waals surface area contributed by atoms with Gasteiger partial charge in [0.1, 0.15) is 5.82 Å². The molecule has 0 aliphatic rings. The van der Waals surface area contributed by atoms with Crippen LogP contribution >= 0.6 is 11.6 Å². The Hall–Kier alpha value is -2.93. The van der Waals surface area contributed by atoms with Crippen molar-refractivity contribution in [2.24, 2.45) is 0 Å². The Morgan fingerprint density at radius 2 is 1.70 bits per heavy atom. The Kier molecular flexibility index (Phi) is 5.41. The smallest absolute Gasteiger partial charge is 0.325 e. The van der Waals surface area contributed by atoms with E-state index in [1.54, 1.807) is 50.2 Å². The number of nitrogens with zero attached hydrogens (tertiary/aromatic N) is 3. The lowest BCUT2D eigenvalue weighted by Crippen LogP contribution is -2.43. The number of nitrogens with one attached hydrogen (secondary N) is 1. The number of hydrogen-bond donors (Lipinski definition) is 1. The van der Waals surface area contributed by atoms with Gasteiger partial charge in [0.15, 0.2) is 0 Å². The molecule has 1 aromatic heterocycles. The standard InChI is InChI=1S/C19H18ClFN4O2/c1-12(2)25-18(26)23-17(22-16-9-5-14(20)6-10-16)24(19(25)27)11-13-3-7-15(21)8-4-13/h3-10,12H,11H2,1-2H3,(H,22,23,26). The van der Waals surface area contributed by atoms with Gasteiger partial charge >= 0.3 is 11.4 Å². The maximum atomic E-state index is 13.2. The number of anilines is 2. The quantitative estimate of drug-likeness (QED) is 0.725. The first kappa shape index (κ1) is 18.8. The van der Waals surface area contributed by atoms with Gasteiger partial charge in [-0.05, 0) is 55.8 Å². The van der Waals surface area contributed by atoms with Crippen molar-refractivity contribution >= 4 is 23.2 Å². The monoisotopic (exact) mass is 388 g/mol. The van der Waals surface area contributed by atoms with E-state index in [1.807, 2.05) is 0 Å². The van der Waals surface area contributed by atoms with E-state index in [0.717, 1.165) is 4.57 Å². The minimum atomic E-state index is -0.637. The van der Waals surface area contributed by atoms with Crippen LogP contribution in [0.5, 0.6) is 0 Å². The van der Waals surface area contributed by atoms with Gasteiger partial charge in [0.05, 0.1) is 6.54 Å². The fourth-order valence-corrected chi connectivity index (χ4v) is 2.75. The molecule has 27 heavy (non-hydrogen) atoms. The summed E-state index contributed by atoms with van der Waals surface area (Å²) in [6.45, 7) is 3.60. The lowest BCUT2D eigenvalue weighted by atomic mass is 10.2. The first-order valence-electron chi connectivity index (χ1n) is 8.35. The van der Waals surface area contributed by atoms with Gasteiger partial charge in [-0.2, -0.15) is 4.98 Å². The Labute approximate surface area is 159 Å². The third-order valence-corrected chi connectivity index (χ3v) is 4.22. The number of halogens is 2. The molecule has 0 unspecified atom stereocenters. The zero-order valence-corrected chi connectivity index (χ0v) is 15.6. The largest absolute Gasteiger partial charge is 0.355 e. The highest BCUT2D eigenvalue weighted by molar-refractivity contribution is 6.30. The number of aromatic nitrogens is 3. The zero-order chi connectivity index (χ0) is 19.6. The van der Waals surface area contributed by atoms with Gasteiger partial charge in [0.2, 0.25) is 5.95 Å². The van der Waals surface area contributed by atoms with Crippen molar-refractivity contribution in [3.8, 4) is 0 Å². The maximum absolute atomic E-state index is 13.2. The normalized spacial score (nSPS) is 11.0. The highest BCUT2D eigenvalue weighted by atomic mass is 35.5. The van der Waals surface area contributed by atoms with E-state index in [0.29, 0.717) is 16.3 Å². The molecule has 0 aliphatic carbocycles. The van der Waals surface area contributed by atoms with Crippen LogP contribution in [0, 0.1) is 5.82 Å². The summed E-state index contributed by atoms with van der Waals surface area (Å²) in [6, 6.07) is 12.2. The number of rotatable bonds is 5. The molecule has 3 aromatic rings. The van der Waals surface area contributed by atoms with Crippen molar-refractivity contribution in [1.82, 2.24) is 14.1 Å². The van der Waals surface area contributed by atoms with E-state index in [-0.39, 0.29) is 24.4 Å². The van der Waals surface area contributed by atoms with Crippen LogP contribution in [0.15, 0.2) is 58.1 Å². The molecule has 1 heterocycles. The fourth-order valence-electron chi connectivity index (χ4n) is 2.62. The molecule has 0 fully saturated rings. The minimum Gasteiger partial charge on any atom is -0.325 e. The van der Waals surface area contributed by atoms with Crippen molar-refractivity contribution in [2.45, 2.75) is 26.4 Å². The first-order chi connectivity index (χ1) is 12.8. The first-order valence-corrected chi connectivity index (χ1v) is 8.73. The topological polar surface area (TPSA) is 68.9 Å². The molecule has 0 amide bonds. The molecule has 0 aliphatic heterocycles. The van der Waals surface area contributed by atoms with Crippen LogP contribution in [0.3, 0.4) is 0 Å². The summed E-state index contributed by atoms with van der Waals surface area (Å²) in [5.74, 6) is -0.260. The van der Waals surface area contributed by atoms with Crippen LogP contribution in [0.2, 0.25) is 5.02 Å².